The van der Waals surface area contributed by atoms with Gasteiger partial charge in [-0.1, -0.05) is 18.2 Å². The summed E-state index contributed by atoms with van der Waals surface area (Å²) in [5.74, 6) is 3.71. The van der Waals surface area contributed by atoms with Gasteiger partial charge < -0.3 is 4.74 Å². The van der Waals surface area contributed by atoms with Crippen molar-refractivity contribution in [3.05, 3.63) is 30.3 Å². The van der Waals surface area contributed by atoms with Crippen LogP contribution in [0.25, 0.3) is 0 Å². The summed E-state index contributed by atoms with van der Waals surface area (Å²) in [5, 5.41) is 0. The van der Waals surface area contributed by atoms with Gasteiger partial charge in [0.05, 0.1) is 35.9 Å². The average Bonchev–Trinajstić information content (AvgIpc) is 2.93. The molecule has 1 aromatic carbocycles. The summed E-state index contributed by atoms with van der Waals surface area (Å²) in [6.07, 6.45) is 7.87. The third-order valence-electron chi connectivity index (χ3n) is 8.69. The first kappa shape index (κ1) is 19.9. The SMILES string of the molecule is CC1(C)C(=O)N(c2ccccc2)C(=NC23CC4CC(CC(C4)C2)C3)[C@H]1N1CCOCC1. The fourth-order valence-corrected chi connectivity index (χ4v) is 7.79. The van der Waals surface area contributed by atoms with Gasteiger partial charge in [-0.3, -0.25) is 19.6 Å². The first-order valence-electron chi connectivity index (χ1n) is 12.3. The number of carbonyl (C=O) groups excluding carboxylic acids is 1. The molecule has 0 N–H and O–H groups in total. The normalized spacial score (nSPS) is 40.8. The Balaban J connectivity index is 1.47. The smallest absolute Gasteiger partial charge is 0.240 e. The summed E-state index contributed by atoms with van der Waals surface area (Å²) >= 11 is 0. The molecule has 5 heteroatoms. The van der Waals surface area contributed by atoms with Gasteiger partial charge in [-0.15, -0.1) is 0 Å². The summed E-state index contributed by atoms with van der Waals surface area (Å²) in [7, 11) is 0. The van der Waals surface area contributed by atoms with Crippen LogP contribution in [0.2, 0.25) is 0 Å². The highest BCUT2D eigenvalue weighted by Crippen LogP contribution is 2.57. The molecule has 4 saturated carbocycles. The summed E-state index contributed by atoms with van der Waals surface area (Å²) in [6.45, 7) is 7.43. The molecule has 1 atom stereocenters. The monoisotopic (exact) mass is 421 g/mol. The van der Waals surface area contributed by atoms with E-state index in [0.717, 1.165) is 55.6 Å². The minimum Gasteiger partial charge on any atom is -0.379 e. The van der Waals surface area contributed by atoms with Gasteiger partial charge in [-0.05, 0) is 82.3 Å². The maximum absolute atomic E-state index is 13.9. The largest absolute Gasteiger partial charge is 0.379 e. The highest BCUT2D eigenvalue weighted by atomic mass is 16.5. The molecule has 166 valence electrons. The zero-order valence-corrected chi connectivity index (χ0v) is 18.9. The molecule has 2 saturated heterocycles. The third kappa shape index (κ3) is 3.19. The molecule has 31 heavy (non-hydrogen) atoms. The van der Waals surface area contributed by atoms with Gasteiger partial charge in [0.2, 0.25) is 5.91 Å². The van der Waals surface area contributed by atoms with Gasteiger partial charge in [-0.2, -0.15) is 0 Å². The Kier molecular flexibility index (Phi) is 4.59. The summed E-state index contributed by atoms with van der Waals surface area (Å²) < 4.78 is 5.65. The number of hydrogen-bond donors (Lipinski definition) is 0. The standard InChI is InChI=1S/C26H35N3O2/c1-25(2)22(28-8-10-31-11-9-28)23(29(24(25)30)21-6-4-3-5-7-21)27-26-15-18-12-19(16-26)14-20(13-18)17-26/h3-7,18-20,22H,8-17H2,1-2H3/t18?,19?,20?,22-,26?/m1/s1. The van der Waals surface area contributed by atoms with E-state index in [2.05, 4.69) is 30.9 Å². The lowest BCUT2D eigenvalue weighted by Gasteiger charge is -2.55. The number of hydrogen-bond acceptors (Lipinski definition) is 4. The number of anilines is 1. The van der Waals surface area contributed by atoms with Crippen LogP contribution in [0.3, 0.4) is 0 Å². The van der Waals surface area contributed by atoms with Crippen molar-refractivity contribution in [2.24, 2.45) is 28.2 Å². The van der Waals surface area contributed by atoms with E-state index in [1.165, 1.54) is 38.5 Å². The number of aliphatic imine (C=N–C) groups is 1. The van der Waals surface area contributed by atoms with Crippen molar-refractivity contribution in [3.8, 4) is 0 Å². The van der Waals surface area contributed by atoms with Crippen LogP contribution in [0, 0.1) is 23.2 Å². The summed E-state index contributed by atoms with van der Waals surface area (Å²) in [5.41, 5.74) is 0.497. The second-order valence-electron chi connectivity index (χ2n) is 11.4. The maximum Gasteiger partial charge on any atom is 0.240 e. The van der Waals surface area contributed by atoms with Gasteiger partial charge in [0.15, 0.2) is 0 Å². The number of para-hydroxylation sites is 1. The van der Waals surface area contributed by atoms with E-state index in [1.807, 2.05) is 23.1 Å². The van der Waals surface area contributed by atoms with Crippen molar-refractivity contribution in [2.75, 3.05) is 31.2 Å². The topological polar surface area (TPSA) is 45.1 Å². The van der Waals surface area contributed by atoms with Crippen molar-refractivity contribution in [1.29, 1.82) is 0 Å². The molecule has 2 heterocycles. The summed E-state index contributed by atoms with van der Waals surface area (Å²) in [6, 6.07) is 10.2. The van der Waals surface area contributed by atoms with Gasteiger partial charge in [0.25, 0.3) is 0 Å². The molecule has 0 spiro atoms. The lowest BCUT2D eigenvalue weighted by atomic mass is 9.53. The molecule has 6 aliphatic rings. The second kappa shape index (κ2) is 7.14. The van der Waals surface area contributed by atoms with Crippen LogP contribution in [0.4, 0.5) is 5.69 Å². The zero-order valence-electron chi connectivity index (χ0n) is 18.9. The van der Waals surface area contributed by atoms with Gasteiger partial charge in [0.1, 0.15) is 5.84 Å². The molecule has 4 bridgehead atoms. The van der Waals surface area contributed by atoms with E-state index < -0.39 is 5.41 Å². The van der Waals surface area contributed by atoms with Crippen molar-refractivity contribution >= 4 is 17.4 Å². The van der Waals surface area contributed by atoms with Crippen LogP contribution < -0.4 is 4.90 Å². The molecular formula is C26H35N3O2. The van der Waals surface area contributed by atoms with Crippen LogP contribution >= 0.6 is 0 Å². The maximum atomic E-state index is 13.9. The molecule has 0 aromatic heterocycles. The average molecular weight is 422 g/mol. The fraction of sp³-hybridized carbons (Fsp3) is 0.692. The van der Waals surface area contributed by atoms with E-state index in [-0.39, 0.29) is 17.5 Å². The molecule has 6 fully saturated rings. The predicted molar refractivity (Wildman–Crippen MR) is 122 cm³/mol. The Morgan fingerprint density at radius 1 is 0.935 bits per heavy atom. The van der Waals surface area contributed by atoms with Crippen LogP contribution in [0.5, 0.6) is 0 Å². The van der Waals surface area contributed by atoms with E-state index in [9.17, 15) is 4.79 Å². The van der Waals surface area contributed by atoms with Gasteiger partial charge in [0, 0.05) is 13.1 Å². The quantitative estimate of drug-likeness (QED) is 0.737. The van der Waals surface area contributed by atoms with E-state index >= 15 is 0 Å². The Bertz CT molecular complexity index is 852. The molecule has 0 radical (unpaired) electrons. The molecule has 5 nitrogen and oxygen atoms in total. The number of morpholine rings is 1. The lowest BCUT2D eigenvalue weighted by molar-refractivity contribution is -0.126. The highest BCUT2D eigenvalue weighted by molar-refractivity contribution is 6.27. The molecule has 1 aromatic rings. The van der Waals surface area contributed by atoms with Crippen molar-refractivity contribution in [3.63, 3.8) is 0 Å². The van der Waals surface area contributed by atoms with Crippen molar-refractivity contribution < 1.29 is 9.53 Å². The molecule has 2 aliphatic heterocycles. The Morgan fingerprint density at radius 2 is 1.52 bits per heavy atom. The van der Waals surface area contributed by atoms with Crippen LogP contribution in [0.15, 0.2) is 35.3 Å². The number of nitrogens with zero attached hydrogens (tertiary/aromatic N) is 3. The highest BCUT2D eigenvalue weighted by Gasteiger charge is 2.57. The van der Waals surface area contributed by atoms with Gasteiger partial charge >= 0.3 is 0 Å². The molecule has 7 rings (SSSR count). The Morgan fingerprint density at radius 3 is 2.10 bits per heavy atom. The Hall–Kier alpha value is -1.72. The number of rotatable bonds is 3. The second-order valence-corrected chi connectivity index (χ2v) is 11.4. The van der Waals surface area contributed by atoms with E-state index in [4.69, 9.17) is 9.73 Å². The van der Waals surface area contributed by atoms with Crippen LogP contribution in [-0.2, 0) is 9.53 Å². The number of benzene rings is 1. The van der Waals surface area contributed by atoms with Gasteiger partial charge in [-0.25, -0.2) is 0 Å². The molecule has 1 amide bonds. The predicted octanol–water partition coefficient (Wildman–Crippen LogP) is 4.13. The van der Waals surface area contributed by atoms with Crippen molar-refractivity contribution in [2.45, 2.75) is 64.0 Å². The molecule has 0 unspecified atom stereocenters. The molecule has 4 aliphatic carbocycles. The van der Waals surface area contributed by atoms with Crippen molar-refractivity contribution in [1.82, 2.24) is 4.90 Å². The third-order valence-corrected chi connectivity index (χ3v) is 8.69. The lowest BCUT2D eigenvalue weighted by Crippen LogP contribution is -2.54. The number of amidine groups is 1. The minimum atomic E-state index is -0.506. The Labute approximate surface area is 185 Å². The zero-order chi connectivity index (χ0) is 21.2. The molecular weight excluding hydrogens is 386 g/mol. The van der Waals surface area contributed by atoms with Crippen LogP contribution in [0.1, 0.15) is 52.4 Å². The fourth-order valence-electron chi connectivity index (χ4n) is 7.79. The van der Waals surface area contributed by atoms with E-state index in [1.54, 1.807) is 0 Å². The van der Waals surface area contributed by atoms with Crippen LogP contribution in [-0.4, -0.2) is 54.5 Å². The number of ether oxygens (including phenoxy) is 1. The number of amides is 1. The minimum absolute atomic E-state index is 0.0112. The summed E-state index contributed by atoms with van der Waals surface area (Å²) in [4.78, 5) is 24.0. The first-order chi connectivity index (χ1) is 15.0. The number of carbonyl (C=O) groups is 1. The first-order valence-corrected chi connectivity index (χ1v) is 12.3. The van der Waals surface area contributed by atoms with E-state index in [0.29, 0.717) is 0 Å².